The number of rotatable bonds is 10. The summed E-state index contributed by atoms with van der Waals surface area (Å²) in [7, 11) is 0. The van der Waals surface area contributed by atoms with Crippen molar-refractivity contribution in [2.24, 2.45) is 0 Å². The van der Waals surface area contributed by atoms with E-state index in [0.29, 0.717) is 0 Å². The smallest absolute Gasteiger partial charge is 0.0235 e. The number of nitrogens with zero attached hydrogens (tertiary/aromatic N) is 2. The summed E-state index contributed by atoms with van der Waals surface area (Å²) in [5, 5.41) is 3.57. The van der Waals surface area contributed by atoms with Crippen LogP contribution in [0.5, 0.6) is 0 Å². The second-order valence-corrected chi connectivity index (χ2v) is 7.56. The summed E-state index contributed by atoms with van der Waals surface area (Å²) in [5.74, 6) is 0. The quantitative estimate of drug-likeness (QED) is 0.624. The first-order valence-corrected chi connectivity index (χ1v) is 9.17. The lowest BCUT2D eigenvalue weighted by atomic mass is 10.1. The van der Waals surface area contributed by atoms with Crippen LogP contribution in [0.1, 0.15) is 66.7 Å². The Hall–Kier alpha value is -0.120. The van der Waals surface area contributed by atoms with E-state index in [4.69, 9.17) is 0 Å². The standard InChI is InChI=1S/C18H39N3/c1-6-21(7-2)17-12-15-20(16-17)14-11-9-8-10-13-19-18(3,4)5/h17,19H,6-16H2,1-5H3. The molecule has 1 atom stereocenters. The molecule has 1 heterocycles. The lowest BCUT2D eigenvalue weighted by Gasteiger charge is -2.26. The highest BCUT2D eigenvalue weighted by molar-refractivity contribution is 4.82. The van der Waals surface area contributed by atoms with Gasteiger partial charge >= 0.3 is 0 Å². The molecule has 21 heavy (non-hydrogen) atoms. The Labute approximate surface area is 133 Å². The number of hydrogen-bond acceptors (Lipinski definition) is 3. The molecule has 0 spiro atoms. The first-order chi connectivity index (χ1) is 9.96. The van der Waals surface area contributed by atoms with Crippen LogP contribution in [0.4, 0.5) is 0 Å². The fourth-order valence-electron chi connectivity index (χ4n) is 3.33. The predicted molar refractivity (Wildman–Crippen MR) is 94.0 cm³/mol. The van der Waals surface area contributed by atoms with Crippen molar-refractivity contribution in [1.29, 1.82) is 0 Å². The number of nitrogens with one attached hydrogen (secondary N) is 1. The highest BCUT2D eigenvalue weighted by Gasteiger charge is 2.25. The van der Waals surface area contributed by atoms with Gasteiger partial charge in [-0.3, -0.25) is 4.90 Å². The average Bonchev–Trinajstić information content (AvgIpc) is 2.86. The Morgan fingerprint density at radius 1 is 1.05 bits per heavy atom. The van der Waals surface area contributed by atoms with E-state index in [9.17, 15) is 0 Å². The molecular formula is C18H39N3. The van der Waals surface area contributed by atoms with Gasteiger partial charge in [-0.2, -0.15) is 0 Å². The van der Waals surface area contributed by atoms with Crippen LogP contribution in [0.3, 0.4) is 0 Å². The minimum Gasteiger partial charge on any atom is -0.312 e. The summed E-state index contributed by atoms with van der Waals surface area (Å²) in [6, 6.07) is 0.816. The molecule has 3 nitrogen and oxygen atoms in total. The van der Waals surface area contributed by atoms with Crippen LogP contribution in [-0.2, 0) is 0 Å². The van der Waals surface area contributed by atoms with E-state index >= 15 is 0 Å². The summed E-state index contributed by atoms with van der Waals surface area (Å²) in [6.45, 7) is 18.8. The molecule has 0 saturated carbocycles. The topological polar surface area (TPSA) is 18.5 Å². The molecular weight excluding hydrogens is 258 g/mol. The molecule has 1 N–H and O–H groups in total. The van der Waals surface area contributed by atoms with E-state index in [2.05, 4.69) is 49.7 Å². The number of unbranched alkanes of at least 4 members (excludes halogenated alkanes) is 3. The number of likely N-dealkylation sites (N-methyl/N-ethyl adjacent to an activating group) is 1. The number of hydrogen-bond donors (Lipinski definition) is 1. The van der Waals surface area contributed by atoms with E-state index < -0.39 is 0 Å². The maximum Gasteiger partial charge on any atom is 0.0235 e. The van der Waals surface area contributed by atoms with Gasteiger partial charge in [0.2, 0.25) is 0 Å². The van der Waals surface area contributed by atoms with Gasteiger partial charge < -0.3 is 10.2 Å². The van der Waals surface area contributed by atoms with Crippen molar-refractivity contribution in [1.82, 2.24) is 15.1 Å². The molecule has 0 bridgehead atoms. The van der Waals surface area contributed by atoms with Crippen molar-refractivity contribution >= 4 is 0 Å². The molecule has 1 saturated heterocycles. The van der Waals surface area contributed by atoms with Gasteiger partial charge in [-0.15, -0.1) is 0 Å². The maximum absolute atomic E-state index is 3.57. The molecule has 0 aromatic carbocycles. The van der Waals surface area contributed by atoms with Gasteiger partial charge in [-0.1, -0.05) is 26.7 Å². The van der Waals surface area contributed by atoms with Crippen molar-refractivity contribution in [3.05, 3.63) is 0 Å². The average molecular weight is 298 g/mol. The zero-order chi connectivity index (χ0) is 15.7. The van der Waals surface area contributed by atoms with Crippen molar-refractivity contribution in [2.45, 2.75) is 78.3 Å². The molecule has 0 radical (unpaired) electrons. The Bertz CT molecular complexity index is 256. The second-order valence-electron chi connectivity index (χ2n) is 7.56. The van der Waals surface area contributed by atoms with Crippen molar-refractivity contribution < 1.29 is 0 Å². The van der Waals surface area contributed by atoms with Crippen LogP contribution >= 0.6 is 0 Å². The van der Waals surface area contributed by atoms with E-state index in [1.165, 1.54) is 64.8 Å². The molecule has 0 aliphatic carbocycles. The van der Waals surface area contributed by atoms with E-state index in [1.54, 1.807) is 0 Å². The first kappa shape index (κ1) is 18.9. The van der Waals surface area contributed by atoms with Crippen molar-refractivity contribution in [3.8, 4) is 0 Å². The lowest BCUT2D eigenvalue weighted by molar-refractivity contribution is 0.210. The van der Waals surface area contributed by atoms with Crippen LogP contribution in [0.15, 0.2) is 0 Å². The lowest BCUT2D eigenvalue weighted by Crippen LogP contribution is -2.37. The van der Waals surface area contributed by atoms with Gasteiger partial charge in [0.05, 0.1) is 0 Å². The van der Waals surface area contributed by atoms with Crippen LogP contribution in [-0.4, -0.2) is 60.6 Å². The molecule has 1 aliphatic rings. The Morgan fingerprint density at radius 2 is 1.71 bits per heavy atom. The fourth-order valence-corrected chi connectivity index (χ4v) is 3.33. The van der Waals surface area contributed by atoms with Crippen molar-refractivity contribution in [3.63, 3.8) is 0 Å². The van der Waals surface area contributed by atoms with Gasteiger partial charge in [0.15, 0.2) is 0 Å². The van der Waals surface area contributed by atoms with Gasteiger partial charge in [0.25, 0.3) is 0 Å². The summed E-state index contributed by atoms with van der Waals surface area (Å²) >= 11 is 0. The molecule has 126 valence electrons. The summed E-state index contributed by atoms with van der Waals surface area (Å²) in [6.07, 6.45) is 6.83. The number of likely N-dealkylation sites (tertiary alicyclic amines) is 1. The molecule has 1 aliphatic heterocycles. The van der Waals surface area contributed by atoms with Gasteiger partial charge in [-0.25, -0.2) is 0 Å². The fraction of sp³-hybridized carbons (Fsp3) is 1.00. The predicted octanol–water partition coefficient (Wildman–Crippen LogP) is 3.35. The molecule has 0 aromatic rings. The Kier molecular flexibility index (Phi) is 8.84. The highest BCUT2D eigenvalue weighted by Crippen LogP contribution is 2.16. The van der Waals surface area contributed by atoms with E-state index in [-0.39, 0.29) is 5.54 Å². The van der Waals surface area contributed by atoms with Crippen LogP contribution in [0.25, 0.3) is 0 Å². The SMILES string of the molecule is CCN(CC)C1CCN(CCCCCCNC(C)(C)C)C1. The monoisotopic (exact) mass is 297 g/mol. The van der Waals surface area contributed by atoms with Gasteiger partial charge in [0.1, 0.15) is 0 Å². The minimum atomic E-state index is 0.273. The second kappa shape index (κ2) is 9.81. The largest absolute Gasteiger partial charge is 0.312 e. The normalized spacial score (nSPS) is 20.6. The Balaban J connectivity index is 1.99. The third-order valence-electron chi connectivity index (χ3n) is 4.63. The third-order valence-corrected chi connectivity index (χ3v) is 4.63. The van der Waals surface area contributed by atoms with Gasteiger partial charge in [-0.05, 0) is 72.8 Å². The summed E-state index contributed by atoms with van der Waals surface area (Å²) in [4.78, 5) is 5.30. The van der Waals surface area contributed by atoms with Crippen LogP contribution in [0, 0.1) is 0 Å². The zero-order valence-electron chi connectivity index (χ0n) is 15.2. The molecule has 1 fully saturated rings. The molecule has 0 aromatic heterocycles. The summed E-state index contributed by atoms with van der Waals surface area (Å²) in [5.41, 5.74) is 0.273. The van der Waals surface area contributed by atoms with E-state index in [1.807, 2.05) is 0 Å². The van der Waals surface area contributed by atoms with E-state index in [0.717, 1.165) is 12.6 Å². The van der Waals surface area contributed by atoms with Gasteiger partial charge in [0, 0.05) is 18.1 Å². The minimum absolute atomic E-state index is 0.273. The van der Waals surface area contributed by atoms with Crippen LogP contribution < -0.4 is 5.32 Å². The Morgan fingerprint density at radius 3 is 2.33 bits per heavy atom. The third kappa shape index (κ3) is 8.18. The van der Waals surface area contributed by atoms with Crippen LogP contribution in [0.2, 0.25) is 0 Å². The molecule has 0 amide bonds. The highest BCUT2D eigenvalue weighted by atomic mass is 15.2. The molecule has 3 heteroatoms. The maximum atomic E-state index is 3.57. The summed E-state index contributed by atoms with van der Waals surface area (Å²) < 4.78 is 0. The molecule has 1 unspecified atom stereocenters. The zero-order valence-corrected chi connectivity index (χ0v) is 15.2. The molecule has 1 rings (SSSR count). The van der Waals surface area contributed by atoms with Crippen molar-refractivity contribution in [2.75, 3.05) is 39.3 Å². The first-order valence-electron chi connectivity index (χ1n) is 9.17.